The molecule has 1 aliphatic carbocycles. The molecule has 1 saturated carbocycles. The fraction of sp³-hybridized carbons (Fsp3) is 0.615. The third-order valence-corrected chi connectivity index (χ3v) is 4.15. The van der Waals surface area contributed by atoms with Crippen LogP contribution in [0.15, 0.2) is 23.0 Å². The van der Waals surface area contributed by atoms with Crippen LogP contribution in [0.1, 0.15) is 38.1 Å². The highest BCUT2D eigenvalue weighted by Crippen LogP contribution is 2.52. The molecule has 1 heterocycles. The minimum Gasteiger partial charge on any atom is -0.472 e. The quantitative estimate of drug-likeness (QED) is 0.822. The van der Waals surface area contributed by atoms with Crippen molar-refractivity contribution in [3.8, 4) is 0 Å². The van der Waals surface area contributed by atoms with E-state index < -0.39 is 0 Å². The van der Waals surface area contributed by atoms with E-state index in [0.717, 1.165) is 0 Å². The molecule has 1 aromatic rings. The Morgan fingerprint density at radius 3 is 2.41 bits per heavy atom. The Kier molecular flexibility index (Phi) is 2.58. The molecular formula is C13H20N2O2. The van der Waals surface area contributed by atoms with Crippen molar-refractivity contribution in [1.82, 2.24) is 5.32 Å². The highest BCUT2D eigenvalue weighted by molar-refractivity contribution is 5.94. The zero-order valence-corrected chi connectivity index (χ0v) is 10.8. The molecule has 0 atom stereocenters. The molecule has 17 heavy (non-hydrogen) atoms. The predicted octanol–water partition coefficient (Wildman–Crippen LogP) is 1.77. The minimum atomic E-state index is -0.100. The smallest absolute Gasteiger partial charge is 0.254 e. The fourth-order valence-corrected chi connectivity index (χ4v) is 3.16. The van der Waals surface area contributed by atoms with Crippen molar-refractivity contribution in [2.45, 2.75) is 39.8 Å². The summed E-state index contributed by atoms with van der Waals surface area (Å²) in [5.74, 6) is -0.100. The number of rotatable bonds is 2. The first-order valence-corrected chi connectivity index (χ1v) is 5.86. The Hall–Kier alpha value is -1.29. The van der Waals surface area contributed by atoms with Crippen LogP contribution in [0.5, 0.6) is 0 Å². The second kappa shape index (κ2) is 3.60. The Balaban J connectivity index is 2.12. The van der Waals surface area contributed by atoms with Crippen molar-refractivity contribution in [3.05, 3.63) is 24.2 Å². The third kappa shape index (κ3) is 1.67. The number of hydrogen-bond donors (Lipinski definition) is 2. The molecule has 1 amide bonds. The van der Waals surface area contributed by atoms with E-state index in [4.69, 9.17) is 10.2 Å². The summed E-state index contributed by atoms with van der Waals surface area (Å²) < 4.78 is 4.91. The lowest BCUT2D eigenvalue weighted by Crippen LogP contribution is -2.76. The number of nitrogens with one attached hydrogen (secondary N) is 1. The van der Waals surface area contributed by atoms with E-state index in [1.165, 1.54) is 12.5 Å². The lowest BCUT2D eigenvalue weighted by Gasteiger charge is -2.62. The lowest BCUT2D eigenvalue weighted by molar-refractivity contribution is -0.0663. The van der Waals surface area contributed by atoms with E-state index in [1.807, 2.05) is 0 Å². The molecule has 0 unspecified atom stereocenters. The highest BCUT2D eigenvalue weighted by Gasteiger charge is 2.60. The van der Waals surface area contributed by atoms with Crippen LogP contribution < -0.4 is 11.1 Å². The molecule has 0 spiro atoms. The van der Waals surface area contributed by atoms with Gasteiger partial charge in [0.2, 0.25) is 0 Å². The normalized spacial score (nSPS) is 29.5. The zero-order valence-electron chi connectivity index (χ0n) is 10.8. The van der Waals surface area contributed by atoms with Gasteiger partial charge in [-0.1, -0.05) is 27.7 Å². The summed E-state index contributed by atoms with van der Waals surface area (Å²) in [6.45, 7) is 8.35. The molecule has 94 valence electrons. The van der Waals surface area contributed by atoms with Crippen LogP contribution in [0.4, 0.5) is 0 Å². The van der Waals surface area contributed by atoms with Gasteiger partial charge in [0.1, 0.15) is 6.26 Å². The maximum Gasteiger partial charge on any atom is 0.254 e. The maximum atomic E-state index is 12.0. The molecule has 1 aliphatic rings. The van der Waals surface area contributed by atoms with Crippen molar-refractivity contribution in [2.24, 2.45) is 16.6 Å². The molecule has 2 rings (SSSR count). The van der Waals surface area contributed by atoms with Crippen molar-refractivity contribution < 1.29 is 9.21 Å². The first-order chi connectivity index (χ1) is 7.78. The molecule has 0 bridgehead atoms. The van der Waals surface area contributed by atoms with E-state index >= 15 is 0 Å². The summed E-state index contributed by atoms with van der Waals surface area (Å²) in [5, 5.41) is 3.05. The number of furan rings is 1. The summed E-state index contributed by atoms with van der Waals surface area (Å²) in [6.07, 6.45) is 2.95. The van der Waals surface area contributed by atoms with Crippen molar-refractivity contribution in [3.63, 3.8) is 0 Å². The summed E-state index contributed by atoms with van der Waals surface area (Å²) in [5.41, 5.74) is 6.54. The first kappa shape index (κ1) is 12.2. The summed E-state index contributed by atoms with van der Waals surface area (Å²) in [6, 6.07) is 1.82. The van der Waals surface area contributed by atoms with Gasteiger partial charge in [0.15, 0.2) is 0 Å². The van der Waals surface area contributed by atoms with E-state index in [2.05, 4.69) is 33.0 Å². The predicted molar refractivity (Wildman–Crippen MR) is 65.5 cm³/mol. The molecule has 1 fully saturated rings. The van der Waals surface area contributed by atoms with E-state index in [9.17, 15) is 4.79 Å². The summed E-state index contributed by atoms with van der Waals surface area (Å²) >= 11 is 0. The van der Waals surface area contributed by atoms with Gasteiger partial charge in [-0.05, 0) is 6.07 Å². The average Bonchev–Trinajstić information content (AvgIpc) is 2.77. The number of hydrogen-bond acceptors (Lipinski definition) is 3. The minimum absolute atomic E-state index is 0.0763. The van der Waals surface area contributed by atoms with Crippen LogP contribution in [0, 0.1) is 10.8 Å². The number of amides is 1. The molecule has 0 aliphatic heterocycles. The second-order valence-corrected chi connectivity index (χ2v) is 6.04. The fourth-order valence-electron chi connectivity index (χ4n) is 3.16. The van der Waals surface area contributed by atoms with Crippen molar-refractivity contribution >= 4 is 5.91 Å². The molecule has 0 aromatic carbocycles. The Morgan fingerprint density at radius 2 is 1.94 bits per heavy atom. The number of carbonyl (C=O) groups is 1. The van der Waals surface area contributed by atoms with Crippen LogP contribution in [0.3, 0.4) is 0 Å². The van der Waals surface area contributed by atoms with Crippen molar-refractivity contribution in [2.75, 3.05) is 0 Å². The van der Waals surface area contributed by atoms with Gasteiger partial charge in [-0.25, -0.2) is 0 Å². The van der Waals surface area contributed by atoms with Gasteiger partial charge in [0.25, 0.3) is 5.91 Å². The van der Waals surface area contributed by atoms with Gasteiger partial charge in [0, 0.05) is 22.9 Å². The second-order valence-electron chi connectivity index (χ2n) is 6.04. The Bertz CT molecular complexity index is 405. The lowest BCUT2D eigenvalue weighted by atomic mass is 9.48. The van der Waals surface area contributed by atoms with Crippen LogP contribution in [0.2, 0.25) is 0 Å². The van der Waals surface area contributed by atoms with E-state index in [0.29, 0.717) is 5.56 Å². The maximum absolute atomic E-state index is 12.0. The summed E-state index contributed by atoms with van der Waals surface area (Å²) in [4.78, 5) is 12.0. The topological polar surface area (TPSA) is 68.3 Å². The average molecular weight is 236 g/mol. The van der Waals surface area contributed by atoms with Crippen LogP contribution in [-0.4, -0.2) is 18.0 Å². The standard InChI is InChI=1S/C13H20N2O2/c1-12(2)10(14)13(3,4)11(12)15-9(16)8-5-6-17-7-8/h5-7,10-11H,14H2,1-4H3,(H,15,16). The van der Waals surface area contributed by atoms with E-state index in [-0.39, 0.29) is 28.8 Å². The van der Waals surface area contributed by atoms with Crippen LogP contribution >= 0.6 is 0 Å². The van der Waals surface area contributed by atoms with E-state index in [1.54, 1.807) is 6.07 Å². The highest BCUT2D eigenvalue weighted by atomic mass is 16.3. The van der Waals surface area contributed by atoms with Gasteiger partial charge >= 0.3 is 0 Å². The SMILES string of the molecule is CC1(C)C(N)C(C)(C)C1NC(=O)c1ccoc1. The molecule has 0 radical (unpaired) electrons. The molecule has 4 nitrogen and oxygen atoms in total. The third-order valence-electron chi connectivity index (χ3n) is 4.15. The number of carbonyl (C=O) groups excluding carboxylic acids is 1. The summed E-state index contributed by atoms with van der Waals surface area (Å²) in [7, 11) is 0. The van der Waals surface area contributed by atoms with Crippen LogP contribution in [0.25, 0.3) is 0 Å². The molecule has 3 N–H and O–H groups in total. The molecule has 1 aromatic heterocycles. The first-order valence-electron chi connectivity index (χ1n) is 5.86. The van der Waals surface area contributed by atoms with Crippen LogP contribution in [-0.2, 0) is 0 Å². The Labute approximate surface area is 102 Å². The zero-order chi connectivity index (χ0) is 12.8. The number of nitrogens with two attached hydrogens (primary N) is 1. The van der Waals surface area contributed by atoms with Crippen molar-refractivity contribution in [1.29, 1.82) is 0 Å². The monoisotopic (exact) mass is 236 g/mol. The van der Waals surface area contributed by atoms with Gasteiger partial charge in [-0.15, -0.1) is 0 Å². The molecule has 4 heteroatoms. The molecular weight excluding hydrogens is 216 g/mol. The van der Waals surface area contributed by atoms with Gasteiger partial charge in [-0.2, -0.15) is 0 Å². The molecule has 0 saturated heterocycles. The van der Waals surface area contributed by atoms with Gasteiger partial charge in [-0.3, -0.25) is 4.79 Å². The van der Waals surface area contributed by atoms with Gasteiger partial charge in [0.05, 0.1) is 11.8 Å². The Morgan fingerprint density at radius 1 is 1.35 bits per heavy atom. The largest absolute Gasteiger partial charge is 0.472 e. The van der Waals surface area contributed by atoms with Gasteiger partial charge < -0.3 is 15.5 Å².